The smallest absolute Gasteiger partial charge is 0.331 e. The van der Waals surface area contributed by atoms with Gasteiger partial charge in [-0.25, -0.2) is 4.79 Å². The number of rotatable bonds is 6. The fourth-order valence-electron chi connectivity index (χ4n) is 2.26. The molecule has 0 aliphatic rings. The van der Waals surface area contributed by atoms with Gasteiger partial charge in [0.15, 0.2) is 5.54 Å². The summed E-state index contributed by atoms with van der Waals surface area (Å²) in [7, 11) is 1.38. The molecular weight excluding hydrogens is 308 g/mol. The summed E-state index contributed by atoms with van der Waals surface area (Å²) in [5.74, 6) is -1.55. The van der Waals surface area contributed by atoms with E-state index in [4.69, 9.17) is 16.3 Å². The fourth-order valence-corrected chi connectivity index (χ4v) is 2.43. The van der Waals surface area contributed by atoms with E-state index in [-0.39, 0.29) is 13.0 Å². The first kappa shape index (κ1) is 16.3. The summed E-state index contributed by atoms with van der Waals surface area (Å²) in [5.41, 5.74) is 0.153. The number of aliphatic carboxylic acids is 1. The number of nitrogens with one attached hydrogen (secondary N) is 2. The number of methoxy groups -OCH3 is 1. The number of aromatic amines is 1. The third-order valence-electron chi connectivity index (χ3n) is 3.40. The van der Waals surface area contributed by atoms with Crippen LogP contribution in [0.3, 0.4) is 0 Å². The van der Waals surface area contributed by atoms with Crippen LogP contribution in [0, 0.1) is 0 Å². The Morgan fingerprint density at radius 1 is 1.45 bits per heavy atom. The maximum atomic E-state index is 12.2. The van der Waals surface area contributed by atoms with Crippen LogP contribution in [0.25, 0.3) is 10.9 Å². The lowest BCUT2D eigenvalue weighted by Gasteiger charge is -2.25. The Morgan fingerprint density at radius 3 is 2.82 bits per heavy atom. The van der Waals surface area contributed by atoms with Gasteiger partial charge in [-0.15, -0.1) is 0 Å². The summed E-state index contributed by atoms with van der Waals surface area (Å²) in [6.45, 7) is 1.29. The molecule has 0 bridgehead atoms. The molecule has 2 rings (SSSR count). The first-order valence-corrected chi connectivity index (χ1v) is 7.02. The molecule has 1 heterocycles. The lowest BCUT2D eigenvalue weighted by Crippen LogP contribution is -2.55. The van der Waals surface area contributed by atoms with Gasteiger partial charge in [0, 0.05) is 29.2 Å². The SMILES string of the molecule is COCC(C)(NC(=O)Cc1c[nH]c2ccc(Cl)cc12)C(=O)O. The van der Waals surface area contributed by atoms with Crippen molar-refractivity contribution in [2.75, 3.05) is 13.7 Å². The van der Waals surface area contributed by atoms with E-state index in [1.165, 1.54) is 14.0 Å². The predicted octanol–water partition coefficient (Wildman–Crippen LogP) is 1.97. The minimum Gasteiger partial charge on any atom is -0.479 e. The Hall–Kier alpha value is -2.05. The maximum absolute atomic E-state index is 12.2. The molecule has 22 heavy (non-hydrogen) atoms. The van der Waals surface area contributed by atoms with Gasteiger partial charge in [0.05, 0.1) is 13.0 Å². The average Bonchev–Trinajstić information content (AvgIpc) is 2.81. The first-order valence-electron chi connectivity index (χ1n) is 6.64. The molecule has 118 valence electrons. The molecule has 1 aromatic carbocycles. The Kier molecular flexibility index (Phi) is 4.73. The number of ether oxygens (including phenoxy) is 1. The number of fused-ring (bicyclic) bond motifs is 1. The van der Waals surface area contributed by atoms with Crippen molar-refractivity contribution in [3.8, 4) is 0 Å². The second-order valence-electron chi connectivity index (χ2n) is 5.30. The van der Waals surface area contributed by atoms with E-state index >= 15 is 0 Å². The zero-order valence-electron chi connectivity index (χ0n) is 12.3. The van der Waals surface area contributed by atoms with Crippen LogP contribution < -0.4 is 5.32 Å². The third kappa shape index (κ3) is 3.40. The van der Waals surface area contributed by atoms with E-state index in [1.54, 1.807) is 18.3 Å². The molecule has 1 atom stereocenters. The van der Waals surface area contributed by atoms with Crippen molar-refractivity contribution in [1.82, 2.24) is 10.3 Å². The van der Waals surface area contributed by atoms with E-state index in [1.807, 2.05) is 6.07 Å². The highest BCUT2D eigenvalue weighted by atomic mass is 35.5. The maximum Gasteiger partial charge on any atom is 0.331 e. The molecule has 1 unspecified atom stereocenters. The van der Waals surface area contributed by atoms with Crippen LogP contribution in [0.15, 0.2) is 24.4 Å². The van der Waals surface area contributed by atoms with Crippen molar-refractivity contribution >= 4 is 34.4 Å². The van der Waals surface area contributed by atoms with E-state index in [2.05, 4.69) is 10.3 Å². The lowest BCUT2D eigenvalue weighted by atomic mass is 10.0. The molecule has 7 heteroatoms. The normalized spacial score (nSPS) is 13.8. The monoisotopic (exact) mass is 324 g/mol. The molecule has 0 radical (unpaired) electrons. The largest absolute Gasteiger partial charge is 0.479 e. The lowest BCUT2D eigenvalue weighted by molar-refractivity contribution is -0.149. The Labute approximate surface area is 132 Å². The van der Waals surface area contributed by atoms with E-state index in [9.17, 15) is 14.7 Å². The van der Waals surface area contributed by atoms with Crippen molar-refractivity contribution < 1.29 is 19.4 Å². The second-order valence-corrected chi connectivity index (χ2v) is 5.74. The number of carbonyl (C=O) groups excluding carboxylic acids is 1. The van der Waals surface area contributed by atoms with Gasteiger partial charge in [0.1, 0.15) is 0 Å². The van der Waals surface area contributed by atoms with Crippen LogP contribution in [0.5, 0.6) is 0 Å². The molecule has 0 saturated heterocycles. The summed E-state index contributed by atoms with van der Waals surface area (Å²) < 4.78 is 4.87. The number of hydrogen-bond donors (Lipinski definition) is 3. The van der Waals surface area contributed by atoms with Crippen molar-refractivity contribution in [3.05, 3.63) is 35.0 Å². The summed E-state index contributed by atoms with van der Waals surface area (Å²) in [6, 6.07) is 5.34. The van der Waals surface area contributed by atoms with Crippen molar-refractivity contribution in [1.29, 1.82) is 0 Å². The van der Waals surface area contributed by atoms with Crippen molar-refractivity contribution in [2.24, 2.45) is 0 Å². The van der Waals surface area contributed by atoms with Crippen molar-refractivity contribution in [3.63, 3.8) is 0 Å². The number of halogens is 1. The van der Waals surface area contributed by atoms with Gasteiger partial charge >= 0.3 is 5.97 Å². The number of benzene rings is 1. The van der Waals surface area contributed by atoms with Gasteiger partial charge < -0.3 is 20.1 Å². The first-order chi connectivity index (χ1) is 10.4. The van der Waals surface area contributed by atoms with E-state index in [0.717, 1.165) is 16.5 Å². The quantitative estimate of drug-likeness (QED) is 0.757. The molecule has 0 saturated carbocycles. The molecule has 0 spiro atoms. The average molecular weight is 325 g/mol. The van der Waals surface area contributed by atoms with Gasteiger partial charge in [-0.2, -0.15) is 0 Å². The van der Waals surface area contributed by atoms with Gasteiger partial charge in [0.25, 0.3) is 0 Å². The number of amides is 1. The topological polar surface area (TPSA) is 91.4 Å². The molecular formula is C15H17ClN2O4. The van der Waals surface area contributed by atoms with E-state index < -0.39 is 17.4 Å². The molecule has 1 aromatic heterocycles. The summed E-state index contributed by atoms with van der Waals surface area (Å²) >= 11 is 5.96. The number of carboxylic acids is 1. The zero-order valence-corrected chi connectivity index (χ0v) is 13.0. The van der Waals surface area contributed by atoms with Crippen LogP contribution in [0.1, 0.15) is 12.5 Å². The highest BCUT2D eigenvalue weighted by molar-refractivity contribution is 6.31. The van der Waals surface area contributed by atoms with Crippen LogP contribution in [0.2, 0.25) is 5.02 Å². The Bertz CT molecular complexity index is 713. The standard InChI is InChI=1S/C15H17ClN2O4/c1-15(8-22-2,14(20)21)18-13(19)5-9-7-17-12-4-3-10(16)6-11(9)12/h3-4,6-7,17H,5,8H2,1-2H3,(H,18,19)(H,20,21). The molecule has 2 aromatic rings. The van der Waals surface area contributed by atoms with Crippen LogP contribution in [-0.2, 0) is 20.7 Å². The summed E-state index contributed by atoms with van der Waals surface area (Å²) in [4.78, 5) is 26.5. The summed E-state index contributed by atoms with van der Waals surface area (Å²) in [5, 5.41) is 13.1. The summed E-state index contributed by atoms with van der Waals surface area (Å²) in [6.07, 6.45) is 1.77. The zero-order chi connectivity index (χ0) is 16.3. The van der Waals surface area contributed by atoms with Crippen molar-refractivity contribution in [2.45, 2.75) is 18.9 Å². The third-order valence-corrected chi connectivity index (χ3v) is 3.64. The van der Waals surface area contributed by atoms with Crippen LogP contribution in [0.4, 0.5) is 0 Å². The fraction of sp³-hybridized carbons (Fsp3) is 0.333. The molecule has 0 aliphatic heterocycles. The van der Waals surface area contributed by atoms with Gasteiger partial charge in [-0.3, -0.25) is 4.79 Å². The number of H-pyrrole nitrogens is 1. The highest BCUT2D eigenvalue weighted by Crippen LogP contribution is 2.22. The number of carboxylic acid groups (broad SMARTS) is 1. The number of hydrogen-bond acceptors (Lipinski definition) is 3. The van der Waals surface area contributed by atoms with Crippen LogP contribution in [-0.4, -0.2) is 41.2 Å². The van der Waals surface area contributed by atoms with E-state index in [0.29, 0.717) is 5.02 Å². The molecule has 3 N–H and O–H groups in total. The Balaban J connectivity index is 2.17. The highest BCUT2D eigenvalue weighted by Gasteiger charge is 2.35. The molecule has 6 nitrogen and oxygen atoms in total. The molecule has 1 amide bonds. The molecule has 0 fully saturated rings. The van der Waals surface area contributed by atoms with Gasteiger partial charge in [-0.05, 0) is 30.7 Å². The minimum absolute atomic E-state index is 0.0485. The predicted molar refractivity (Wildman–Crippen MR) is 83.1 cm³/mol. The number of aromatic nitrogens is 1. The van der Waals surface area contributed by atoms with Gasteiger partial charge in [0.2, 0.25) is 5.91 Å². The minimum atomic E-state index is -1.46. The molecule has 0 aliphatic carbocycles. The second kappa shape index (κ2) is 6.37. The Morgan fingerprint density at radius 2 is 2.18 bits per heavy atom. The van der Waals surface area contributed by atoms with Crippen LogP contribution >= 0.6 is 11.6 Å². The van der Waals surface area contributed by atoms with Gasteiger partial charge in [-0.1, -0.05) is 11.6 Å². The number of carbonyl (C=O) groups is 2.